The minimum absolute atomic E-state index is 0.221. The van der Waals surface area contributed by atoms with Gasteiger partial charge in [0, 0.05) is 39.7 Å². The van der Waals surface area contributed by atoms with Crippen LogP contribution < -0.4 is 0 Å². The van der Waals surface area contributed by atoms with Crippen molar-refractivity contribution >= 4 is 5.91 Å². The van der Waals surface area contributed by atoms with E-state index in [9.17, 15) is 4.79 Å². The molecular weight excluding hydrogens is 348 g/mol. The second-order valence-electron chi connectivity index (χ2n) is 7.87. The Morgan fingerprint density at radius 1 is 1.30 bits per heavy atom. The highest BCUT2D eigenvalue weighted by atomic mass is 16.5. The van der Waals surface area contributed by atoms with Gasteiger partial charge in [-0.15, -0.1) is 5.10 Å². The smallest absolute Gasteiger partial charge is 0.222 e. The molecule has 1 unspecified atom stereocenters. The van der Waals surface area contributed by atoms with E-state index in [1.807, 2.05) is 9.58 Å². The third kappa shape index (κ3) is 4.47. The van der Waals surface area contributed by atoms with Gasteiger partial charge in [-0.3, -0.25) is 9.69 Å². The first-order chi connectivity index (χ1) is 13.1. The van der Waals surface area contributed by atoms with E-state index in [-0.39, 0.29) is 11.4 Å². The fraction of sp³-hybridized carbons (Fsp3) is 0.889. The molecule has 2 aliphatic rings. The molecule has 1 aromatic rings. The lowest BCUT2D eigenvalue weighted by Gasteiger charge is -2.49. The highest BCUT2D eigenvalue weighted by molar-refractivity contribution is 5.76. The van der Waals surface area contributed by atoms with Crippen LogP contribution in [-0.4, -0.2) is 89.0 Å². The molecule has 1 amide bonds. The van der Waals surface area contributed by atoms with Crippen LogP contribution in [0.2, 0.25) is 0 Å². The van der Waals surface area contributed by atoms with E-state index in [2.05, 4.69) is 34.3 Å². The zero-order valence-corrected chi connectivity index (χ0v) is 16.8. The van der Waals surface area contributed by atoms with Crippen molar-refractivity contribution in [2.75, 3.05) is 53.1 Å². The predicted molar refractivity (Wildman–Crippen MR) is 99.0 cm³/mol. The number of aromatic nitrogens is 4. The largest absolute Gasteiger partial charge is 0.383 e. The van der Waals surface area contributed by atoms with Crippen LogP contribution in [0.25, 0.3) is 0 Å². The predicted octanol–water partition coefficient (Wildman–Crippen LogP) is 0.516. The number of nitrogens with zero attached hydrogens (tertiary/aromatic N) is 6. The number of methoxy groups -OCH3 is 1. The van der Waals surface area contributed by atoms with Gasteiger partial charge in [0.05, 0.1) is 26.4 Å². The normalized spacial score (nSPS) is 24.5. The molecule has 0 N–H and O–H groups in total. The summed E-state index contributed by atoms with van der Waals surface area (Å²) in [5.74, 6) is 1.41. The third-order valence-corrected chi connectivity index (χ3v) is 5.48. The van der Waals surface area contributed by atoms with Crippen LogP contribution in [0.5, 0.6) is 0 Å². The molecule has 0 radical (unpaired) electrons. The first-order valence-corrected chi connectivity index (χ1v) is 9.93. The highest BCUT2D eigenvalue weighted by Gasteiger charge is 2.47. The van der Waals surface area contributed by atoms with E-state index in [1.54, 1.807) is 7.11 Å². The molecule has 0 aromatic carbocycles. The number of morpholine rings is 1. The number of likely N-dealkylation sites (tertiary alicyclic amines) is 1. The van der Waals surface area contributed by atoms with E-state index < -0.39 is 0 Å². The molecule has 2 fully saturated rings. The molecule has 0 spiro atoms. The summed E-state index contributed by atoms with van der Waals surface area (Å²) in [5.41, 5.74) is -0.369. The summed E-state index contributed by atoms with van der Waals surface area (Å²) < 4.78 is 12.6. The molecule has 0 bridgehead atoms. The maximum absolute atomic E-state index is 12.8. The third-order valence-electron chi connectivity index (χ3n) is 5.48. The van der Waals surface area contributed by atoms with Crippen LogP contribution in [0.4, 0.5) is 0 Å². The van der Waals surface area contributed by atoms with Crippen molar-refractivity contribution in [2.45, 2.75) is 45.2 Å². The Hall–Kier alpha value is -1.58. The Balaban J connectivity index is 1.91. The molecule has 9 nitrogen and oxygen atoms in total. The Kier molecular flexibility index (Phi) is 6.78. The van der Waals surface area contributed by atoms with Crippen molar-refractivity contribution in [1.29, 1.82) is 0 Å². The highest BCUT2D eigenvalue weighted by Crippen LogP contribution is 2.37. The Labute approximate surface area is 161 Å². The number of rotatable bonds is 7. The van der Waals surface area contributed by atoms with Gasteiger partial charge in [-0.1, -0.05) is 13.8 Å². The van der Waals surface area contributed by atoms with E-state index in [4.69, 9.17) is 9.47 Å². The molecule has 2 aliphatic heterocycles. The fourth-order valence-corrected chi connectivity index (χ4v) is 4.17. The average Bonchev–Trinajstić information content (AvgIpc) is 3.15. The van der Waals surface area contributed by atoms with Gasteiger partial charge in [-0.25, -0.2) is 4.68 Å². The summed E-state index contributed by atoms with van der Waals surface area (Å²) in [6.07, 6.45) is 2.46. The number of tetrazole rings is 1. The lowest BCUT2D eigenvalue weighted by Crippen LogP contribution is -2.61. The van der Waals surface area contributed by atoms with Gasteiger partial charge in [0.1, 0.15) is 5.54 Å². The number of amides is 1. The van der Waals surface area contributed by atoms with Crippen molar-refractivity contribution in [2.24, 2.45) is 5.92 Å². The number of carbonyl (C=O) groups is 1. The molecule has 1 atom stereocenters. The van der Waals surface area contributed by atoms with Crippen molar-refractivity contribution in [3.63, 3.8) is 0 Å². The van der Waals surface area contributed by atoms with Crippen LogP contribution in [-0.2, 0) is 26.4 Å². The van der Waals surface area contributed by atoms with Gasteiger partial charge in [0.2, 0.25) is 5.91 Å². The van der Waals surface area contributed by atoms with Crippen molar-refractivity contribution < 1.29 is 14.3 Å². The maximum Gasteiger partial charge on any atom is 0.222 e. The molecule has 9 heteroatoms. The fourth-order valence-electron chi connectivity index (χ4n) is 4.17. The van der Waals surface area contributed by atoms with Crippen molar-refractivity contribution in [3.8, 4) is 0 Å². The summed E-state index contributed by atoms with van der Waals surface area (Å²) in [6.45, 7) is 9.79. The molecule has 2 saturated heterocycles. The molecule has 0 aliphatic carbocycles. The number of carbonyl (C=O) groups excluding carboxylic acids is 1. The minimum Gasteiger partial charge on any atom is -0.383 e. The average molecular weight is 380 g/mol. The maximum atomic E-state index is 12.8. The Bertz CT molecular complexity index is 616. The van der Waals surface area contributed by atoms with Gasteiger partial charge in [-0.05, 0) is 29.2 Å². The second-order valence-corrected chi connectivity index (χ2v) is 7.87. The summed E-state index contributed by atoms with van der Waals surface area (Å²) in [7, 11) is 1.68. The topological polar surface area (TPSA) is 85.6 Å². The van der Waals surface area contributed by atoms with E-state index in [0.717, 1.165) is 38.3 Å². The summed E-state index contributed by atoms with van der Waals surface area (Å²) in [5, 5.41) is 12.6. The van der Waals surface area contributed by atoms with Gasteiger partial charge in [-0.2, -0.15) is 0 Å². The number of hydrogen-bond acceptors (Lipinski definition) is 7. The van der Waals surface area contributed by atoms with Gasteiger partial charge in [0.15, 0.2) is 5.82 Å². The monoisotopic (exact) mass is 380 g/mol. The Morgan fingerprint density at radius 2 is 2.07 bits per heavy atom. The van der Waals surface area contributed by atoms with Crippen LogP contribution in [0.1, 0.15) is 38.9 Å². The number of ether oxygens (including phenoxy) is 2. The van der Waals surface area contributed by atoms with Crippen molar-refractivity contribution in [1.82, 2.24) is 30.0 Å². The second kappa shape index (κ2) is 9.07. The van der Waals surface area contributed by atoms with E-state index >= 15 is 0 Å². The van der Waals surface area contributed by atoms with Gasteiger partial charge < -0.3 is 14.4 Å². The first kappa shape index (κ1) is 20.2. The molecule has 3 heterocycles. The molecule has 3 rings (SSSR count). The number of piperidine rings is 1. The van der Waals surface area contributed by atoms with Gasteiger partial charge in [0.25, 0.3) is 0 Å². The van der Waals surface area contributed by atoms with Gasteiger partial charge >= 0.3 is 0 Å². The molecule has 152 valence electrons. The summed E-state index contributed by atoms with van der Waals surface area (Å²) in [4.78, 5) is 17.2. The van der Waals surface area contributed by atoms with E-state index in [0.29, 0.717) is 45.2 Å². The van der Waals surface area contributed by atoms with Crippen LogP contribution in [0.15, 0.2) is 0 Å². The van der Waals surface area contributed by atoms with Crippen LogP contribution in [0, 0.1) is 5.92 Å². The summed E-state index contributed by atoms with van der Waals surface area (Å²) in [6, 6.07) is 0. The molecule has 1 aromatic heterocycles. The lowest BCUT2D eigenvalue weighted by atomic mass is 9.85. The van der Waals surface area contributed by atoms with Crippen LogP contribution >= 0.6 is 0 Å². The van der Waals surface area contributed by atoms with E-state index in [1.165, 1.54) is 0 Å². The standard InChI is InChI=1S/C18H32N6O3/c1-15(2)13-16(25)22-6-4-5-18(14-22,23-7-11-27-12-8-23)17-19-20-21-24(17)9-10-26-3/h15H,4-14H2,1-3H3. The number of hydrogen-bond donors (Lipinski definition) is 0. The summed E-state index contributed by atoms with van der Waals surface area (Å²) >= 11 is 0. The molecule has 0 saturated carbocycles. The van der Waals surface area contributed by atoms with Crippen molar-refractivity contribution in [3.05, 3.63) is 5.82 Å². The quantitative estimate of drug-likeness (QED) is 0.681. The minimum atomic E-state index is -0.369. The lowest BCUT2D eigenvalue weighted by molar-refractivity contribution is -0.138. The zero-order chi connectivity index (χ0) is 19.3. The molecule has 27 heavy (non-hydrogen) atoms. The van der Waals surface area contributed by atoms with Crippen LogP contribution in [0.3, 0.4) is 0 Å². The first-order valence-electron chi connectivity index (χ1n) is 9.93. The zero-order valence-electron chi connectivity index (χ0n) is 16.8. The Morgan fingerprint density at radius 3 is 2.78 bits per heavy atom. The SMILES string of the molecule is COCCn1nnnc1C1(N2CCOCC2)CCCN(C(=O)CC(C)C)C1. The molecular formula is C18H32N6O3.